The zero-order chi connectivity index (χ0) is 22.3. The molecule has 3 rings (SSSR count). The van der Waals surface area contributed by atoms with Gasteiger partial charge in [0.25, 0.3) is 0 Å². The van der Waals surface area contributed by atoms with E-state index >= 15 is 0 Å². The van der Waals surface area contributed by atoms with Crippen LogP contribution >= 0.6 is 0 Å². The number of aliphatic hydroxyl groups is 1. The molecule has 0 amide bonds. The highest BCUT2D eigenvalue weighted by molar-refractivity contribution is 5.84. The first-order chi connectivity index (χ1) is 14.9. The molecule has 162 valence electrons. The van der Waals surface area contributed by atoms with Crippen molar-refractivity contribution in [3.8, 4) is 5.75 Å². The van der Waals surface area contributed by atoms with Crippen molar-refractivity contribution in [1.82, 2.24) is 0 Å². The van der Waals surface area contributed by atoms with Crippen LogP contribution in [0.4, 0.5) is 0 Å². The lowest BCUT2D eigenvalue weighted by molar-refractivity contribution is 0.281. The molecule has 0 aliphatic rings. The van der Waals surface area contributed by atoms with E-state index in [4.69, 9.17) is 4.74 Å². The molecule has 0 unspecified atom stereocenters. The summed E-state index contributed by atoms with van der Waals surface area (Å²) in [5.41, 5.74) is 7.18. The largest absolute Gasteiger partial charge is 0.494 e. The average molecular weight is 415 g/mol. The van der Waals surface area contributed by atoms with Gasteiger partial charge in [-0.3, -0.25) is 0 Å². The lowest BCUT2D eigenvalue weighted by Gasteiger charge is -2.19. The van der Waals surface area contributed by atoms with E-state index in [-0.39, 0.29) is 12.0 Å². The predicted molar refractivity (Wildman–Crippen MR) is 131 cm³/mol. The third-order valence-corrected chi connectivity index (χ3v) is 5.57. The van der Waals surface area contributed by atoms with E-state index in [9.17, 15) is 5.11 Å². The highest BCUT2D eigenvalue weighted by Crippen LogP contribution is 2.30. The standard InChI is InChI=1S/C29H34O2/c1-22-10-8-13-25(21-30)28(22)24(20-23-11-6-5-7-12-23)14-9-19-31-27-17-15-26(16-18-27)29(2,3)4/h5-8,10-13,15-18,20,30H,9,14,19,21H2,1-4H3/b24-20-. The molecule has 3 aromatic rings. The summed E-state index contributed by atoms with van der Waals surface area (Å²) in [6.45, 7) is 9.46. The third-order valence-electron chi connectivity index (χ3n) is 5.57. The summed E-state index contributed by atoms with van der Waals surface area (Å²) in [5.74, 6) is 0.911. The van der Waals surface area contributed by atoms with Crippen LogP contribution < -0.4 is 4.74 Å². The van der Waals surface area contributed by atoms with E-state index < -0.39 is 0 Å². The summed E-state index contributed by atoms with van der Waals surface area (Å²) in [6.07, 6.45) is 4.02. The van der Waals surface area contributed by atoms with Crippen molar-refractivity contribution in [2.45, 2.75) is 52.6 Å². The number of aliphatic hydroxyl groups excluding tert-OH is 1. The fourth-order valence-corrected chi connectivity index (χ4v) is 3.84. The van der Waals surface area contributed by atoms with Gasteiger partial charge in [0, 0.05) is 0 Å². The van der Waals surface area contributed by atoms with Gasteiger partial charge in [-0.25, -0.2) is 0 Å². The number of benzene rings is 3. The molecule has 0 spiro atoms. The summed E-state index contributed by atoms with van der Waals surface area (Å²) in [4.78, 5) is 0. The minimum atomic E-state index is 0.0414. The second kappa shape index (κ2) is 10.5. The summed E-state index contributed by atoms with van der Waals surface area (Å²) < 4.78 is 6.02. The average Bonchev–Trinajstić information content (AvgIpc) is 2.76. The Morgan fingerprint density at radius 3 is 2.26 bits per heavy atom. The number of rotatable bonds is 8. The zero-order valence-corrected chi connectivity index (χ0v) is 19.2. The van der Waals surface area contributed by atoms with Crippen LogP contribution in [-0.2, 0) is 12.0 Å². The normalized spacial score (nSPS) is 12.1. The van der Waals surface area contributed by atoms with Gasteiger partial charge in [0.15, 0.2) is 0 Å². The SMILES string of the molecule is Cc1cccc(CO)c1/C(=C\c1ccccc1)CCCOc1ccc(C(C)(C)C)cc1. The van der Waals surface area contributed by atoms with Gasteiger partial charge < -0.3 is 9.84 Å². The van der Waals surface area contributed by atoms with Crippen molar-refractivity contribution in [2.24, 2.45) is 0 Å². The van der Waals surface area contributed by atoms with E-state index in [1.165, 1.54) is 22.3 Å². The monoisotopic (exact) mass is 414 g/mol. The molecule has 1 N–H and O–H groups in total. The Morgan fingerprint density at radius 2 is 1.61 bits per heavy atom. The van der Waals surface area contributed by atoms with Crippen LogP contribution in [0.3, 0.4) is 0 Å². The number of hydrogen-bond donors (Lipinski definition) is 1. The van der Waals surface area contributed by atoms with Crippen LogP contribution in [0.2, 0.25) is 0 Å². The predicted octanol–water partition coefficient (Wildman–Crippen LogP) is 7.18. The van der Waals surface area contributed by atoms with Crippen molar-refractivity contribution < 1.29 is 9.84 Å². The lowest BCUT2D eigenvalue weighted by Crippen LogP contribution is -2.10. The fourth-order valence-electron chi connectivity index (χ4n) is 3.84. The van der Waals surface area contributed by atoms with Crippen molar-refractivity contribution in [3.63, 3.8) is 0 Å². The molecule has 2 nitrogen and oxygen atoms in total. The van der Waals surface area contributed by atoms with Gasteiger partial charge >= 0.3 is 0 Å². The molecule has 31 heavy (non-hydrogen) atoms. The van der Waals surface area contributed by atoms with E-state index in [2.05, 4.69) is 88.4 Å². The molecule has 0 fully saturated rings. The van der Waals surface area contributed by atoms with Gasteiger partial charge in [0.2, 0.25) is 0 Å². The van der Waals surface area contributed by atoms with Crippen LogP contribution in [0.1, 0.15) is 61.4 Å². The third kappa shape index (κ3) is 6.32. The Hall–Kier alpha value is -2.84. The van der Waals surface area contributed by atoms with Crippen molar-refractivity contribution in [2.75, 3.05) is 6.61 Å². The second-order valence-electron chi connectivity index (χ2n) is 9.07. The van der Waals surface area contributed by atoms with Gasteiger partial charge in [0.05, 0.1) is 13.2 Å². The highest BCUT2D eigenvalue weighted by Gasteiger charge is 2.13. The topological polar surface area (TPSA) is 29.5 Å². The number of hydrogen-bond acceptors (Lipinski definition) is 2. The van der Waals surface area contributed by atoms with Gasteiger partial charge in [-0.15, -0.1) is 0 Å². The maximum atomic E-state index is 9.91. The van der Waals surface area contributed by atoms with Crippen LogP contribution in [0.15, 0.2) is 72.8 Å². The summed E-state index contributed by atoms with van der Waals surface area (Å²) in [7, 11) is 0. The van der Waals surface area contributed by atoms with E-state index in [0.717, 1.165) is 29.7 Å². The molecular formula is C29H34O2. The van der Waals surface area contributed by atoms with Crippen LogP contribution in [0.25, 0.3) is 11.6 Å². The highest BCUT2D eigenvalue weighted by atomic mass is 16.5. The Bertz CT molecular complexity index is 993. The second-order valence-corrected chi connectivity index (χ2v) is 9.07. The van der Waals surface area contributed by atoms with E-state index in [1.54, 1.807) is 0 Å². The minimum absolute atomic E-state index is 0.0414. The Balaban J connectivity index is 1.72. The van der Waals surface area contributed by atoms with Gasteiger partial charge in [-0.05, 0) is 70.7 Å². The first-order valence-corrected chi connectivity index (χ1v) is 11.1. The van der Waals surface area contributed by atoms with Gasteiger partial charge in [-0.2, -0.15) is 0 Å². The number of aryl methyl sites for hydroxylation is 1. The summed E-state index contributed by atoms with van der Waals surface area (Å²) in [5, 5.41) is 9.91. The molecule has 0 heterocycles. The van der Waals surface area contributed by atoms with Gasteiger partial charge in [0.1, 0.15) is 5.75 Å². The maximum absolute atomic E-state index is 9.91. The van der Waals surface area contributed by atoms with E-state index in [1.807, 2.05) is 18.2 Å². The minimum Gasteiger partial charge on any atom is -0.494 e. The quantitative estimate of drug-likeness (QED) is 0.312. The first kappa shape index (κ1) is 22.8. The molecule has 2 heteroatoms. The summed E-state index contributed by atoms with van der Waals surface area (Å²) >= 11 is 0. The molecule has 0 atom stereocenters. The molecule has 0 aromatic heterocycles. The molecule has 0 bridgehead atoms. The molecule has 0 saturated heterocycles. The van der Waals surface area contributed by atoms with Crippen molar-refractivity contribution in [1.29, 1.82) is 0 Å². The van der Waals surface area contributed by atoms with Crippen molar-refractivity contribution in [3.05, 3.63) is 101 Å². The molecule has 0 aliphatic heterocycles. The van der Waals surface area contributed by atoms with Gasteiger partial charge in [-0.1, -0.05) is 87.5 Å². The summed E-state index contributed by atoms with van der Waals surface area (Å²) in [6, 6.07) is 24.9. The van der Waals surface area contributed by atoms with Crippen LogP contribution in [0, 0.1) is 6.92 Å². The molecular weight excluding hydrogens is 380 g/mol. The van der Waals surface area contributed by atoms with Crippen molar-refractivity contribution >= 4 is 11.6 Å². The van der Waals surface area contributed by atoms with E-state index in [0.29, 0.717) is 6.61 Å². The molecule has 3 aromatic carbocycles. The number of allylic oxidation sites excluding steroid dienone is 1. The zero-order valence-electron chi connectivity index (χ0n) is 19.2. The Labute approximate surface area is 187 Å². The molecule has 0 aliphatic carbocycles. The lowest BCUT2D eigenvalue weighted by atomic mass is 9.87. The maximum Gasteiger partial charge on any atom is 0.119 e. The molecule has 0 radical (unpaired) electrons. The van der Waals surface area contributed by atoms with Crippen LogP contribution in [-0.4, -0.2) is 11.7 Å². The Morgan fingerprint density at radius 1 is 0.903 bits per heavy atom. The van der Waals surface area contributed by atoms with Crippen LogP contribution in [0.5, 0.6) is 5.75 Å². The smallest absolute Gasteiger partial charge is 0.119 e. The first-order valence-electron chi connectivity index (χ1n) is 11.1. The number of ether oxygens (including phenoxy) is 1. The molecule has 0 saturated carbocycles. The Kier molecular flexibility index (Phi) is 7.70. The fraction of sp³-hybridized carbons (Fsp3) is 0.310.